The molecule has 1 atom stereocenters. The van der Waals surface area contributed by atoms with Gasteiger partial charge in [0.1, 0.15) is 4.88 Å². The summed E-state index contributed by atoms with van der Waals surface area (Å²) in [5.41, 5.74) is 6.55. The van der Waals surface area contributed by atoms with Crippen molar-refractivity contribution in [2.75, 3.05) is 19.6 Å². The molecule has 0 saturated carbocycles. The van der Waals surface area contributed by atoms with Gasteiger partial charge in [-0.3, -0.25) is 4.79 Å². The van der Waals surface area contributed by atoms with Gasteiger partial charge in [0.2, 0.25) is 0 Å². The van der Waals surface area contributed by atoms with Gasteiger partial charge in [0.25, 0.3) is 5.91 Å². The van der Waals surface area contributed by atoms with E-state index in [0.717, 1.165) is 41.5 Å². The van der Waals surface area contributed by atoms with Gasteiger partial charge in [0.15, 0.2) is 0 Å². The van der Waals surface area contributed by atoms with Crippen molar-refractivity contribution in [1.29, 1.82) is 0 Å². The second-order valence-electron chi connectivity index (χ2n) is 5.76. The number of hydrogen-bond acceptors (Lipinski definition) is 4. The minimum atomic E-state index is 0.140. The molecule has 1 aliphatic rings. The lowest BCUT2D eigenvalue weighted by Gasteiger charge is -2.15. The van der Waals surface area contributed by atoms with Crippen LogP contribution in [0.1, 0.15) is 40.6 Å². The summed E-state index contributed by atoms with van der Waals surface area (Å²) in [5.74, 6) is 1.18. The van der Waals surface area contributed by atoms with Crippen molar-refractivity contribution in [3.8, 4) is 0 Å². The number of amides is 1. The molecule has 1 fully saturated rings. The highest BCUT2D eigenvalue weighted by Crippen LogP contribution is 2.25. The molecule has 0 aromatic carbocycles. The molecule has 0 spiro atoms. The number of thiazole rings is 1. The number of aromatic nitrogens is 1. The molecule has 5 heteroatoms. The molecule has 4 nitrogen and oxygen atoms in total. The lowest BCUT2D eigenvalue weighted by molar-refractivity contribution is 0.0791. The molecule has 0 aliphatic carbocycles. The maximum absolute atomic E-state index is 12.5. The smallest absolute Gasteiger partial charge is 0.265 e. The molecule has 2 N–H and O–H groups in total. The van der Waals surface area contributed by atoms with Crippen LogP contribution in [-0.4, -0.2) is 35.4 Å². The molecular weight excluding hydrogens is 258 g/mol. The fraction of sp³-hybridized carbons (Fsp3) is 0.714. The number of hydrogen-bond donors (Lipinski definition) is 1. The summed E-state index contributed by atoms with van der Waals surface area (Å²) < 4.78 is 0. The first-order chi connectivity index (χ1) is 9.01. The summed E-state index contributed by atoms with van der Waals surface area (Å²) in [7, 11) is 0. The Kier molecular flexibility index (Phi) is 4.58. The molecule has 1 unspecified atom stereocenters. The van der Waals surface area contributed by atoms with Gasteiger partial charge in [-0.1, -0.05) is 13.8 Å². The zero-order valence-corrected chi connectivity index (χ0v) is 12.8. The lowest BCUT2D eigenvalue weighted by Crippen LogP contribution is -2.29. The van der Waals surface area contributed by atoms with E-state index < -0.39 is 0 Å². The van der Waals surface area contributed by atoms with Gasteiger partial charge in [-0.2, -0.15) is 0 Å². The van der Waals surface area contributed by atoms with Crippen molar-refractivity contribution in [2.45, 2.75) is 33.6 Å². The molecular formula is C14H23N3OS. The first-order valence-electron chi connectivity index (χ1n) is 6.97. The number of nitrogens with two attached hydrogens (primary N) is 1. The summed E-state index contributed by atoms with van der Waals surface area (Å²) in [5, 5.41) is 1.07. The maximum Gasteiger partial charge on any atom is 0.265 e. The lowest BCUT2D eigenvalue weighted by atomic mass is 10.1. The summed E-state index contributed by atoms with van der Waals surface area (Å²) in [4.78, 5) is 19.8. The molecule has 1 saturated heterocycles. The molecule has 1 aliphatic heterocycles. The monoisotopic (exact) mass is 281 g/mol. The Labute approximate surface area is 119 Å². The predicted octanol–water partition coefficient (Wildman–Crippen LogP) is 2.07. The zero-order valence-electron chi connectivity index (χ0n) is 12.0. The number of rotatable bonds is 4. The molecule has 2 rings (SSSR count). The third-order valence-corrected chi connectivity index (χ3v) is 4.69. The van der Waals surface area contributed by atoms with Gasteiger partial charge in [0.05, 0.1) is 10.7 Å². The highest BCUT2D eigenvalue weighted by Gasteiger charge is 2.28. The van der Waals surface area contributed by atoms with Crippen molar-refractivity contribution in [1.82, 2.24) is 9.88 Å². The number of nitrogens with zero attached hydrogens (tertiary/aromatic N) is 2. The second-order valence-corrected chi connectivity index (χ2v) is 6.85. The minimum Gasteiger partial charge on any atom is -0.338 e. The Morgan fingerprint density at radius 2 is 2.32 bits per heavy atom. The Morgan fingerprint density at radius 1 is 1.58 bits per heavy atom. The SMILES string of the molecule is Cc1nc(CC(C)C)sc1C(=O)N1CCC(CN)C1. The van der Waals surface area contributed by atoms with Crippen LogP contribution >= 0.6 is 11.3 Å². The fourth-order valence-electron chi connectivity index (χ4n) is 2.44. The molecule has 1 amide bonds. The van der Waals surface area contributed by atoms with Crippen LogP contribution in [0, 0.1) is 18.8 Å². The molecule has 19 heavy (non-hydrogen) atoms. The van der Waals surface area contributed by atoms with Gasteiger partial charge in [-0.15, -0.1) is 11.3 Å². The average Bonchev–Trinajstić information content (AvgIpc) is 2.94. The van der Waals surface area contributed by atoms with Gasteiger partial charge in [-0.05, 0) is 31.7 Å². The summed E-state index contributed by atoms with van der Waals surface area (Å²) in [6.07, 6.45) is 1.98. The third-order valence-electron chi connectivity index (χ3n) is 3.52. The quantitative estimate of drug-likeness (QED) is 0.919. The van der Waals surface area contributed by atoms with Crippen LogP contribution in [0.3, 0.4) is 0 Å². The average molecular weight is 281 g/mol. The second kappa shape index (κ2) is 6.01. The largest absolute Gasteiger partial charge is 0.338 e. The van der Waals surface area contributed by atoms with Crippen LogP contribution in [-0.2, 0) is 6.42 Å². The van der Waals surface area contributed by atoms with E-state index in [4.69, 9.17) is 5.73 Å². The van der Waals surface area contributed by atoms with E-state index in [1.807, 2.05) is 11.8 Å². The van der Waals surface area contributed by atoms with Crippen LogP contribution < -0.4 is 5.73 Å². The zero-order chi connectivity index (χ0) is 14.0. The Morgan fingerprint density at radius 3 is 2.89 bits per heavy atom. The van der Waals surface area contributed by atoms with E-state index in [1.54, 1.807) is 11.3 Å². The molecule has 0 radical (unpaired) electrons. The van der Waals surface area contributed by atoms with Crippen LogP contribution in [0.15, 0.2) is 0 Å². The predicted molar refractivity (Wildman–Crippen MR) is 78.5 cm³/mol. The van der Waals surface area contributed by atoms with Gasteiger partial charge >= 0.3 is 0 Å². The number of carbonyl (C=O) groups is 1. The van der Waals surface area contributed by atoms with Crippen molar-refractivity contribution >= 4 is 17.2 Å². The van der Waals surface area contributed by atoms with E-state index >= 15 is 0 Å². The van der Waals surface area contributed by atoms with Crippen molar-refractivity contribution in [3.63, 3.8) is 0 Å². The summed E-state index contributed by atoms with van der Waals surface area (Å²) >= 11 is 1.56. The number of likely N-dealkylation sites (tertiary alicyclic amines) is 1. The normalized spacial score (nSPS) is 19.4. The van der Waals surface area contributed by atoms with Gasteiger partial charge < -0.3 is 10.6 Å². The maximum atomic E-state index is 12.5. The molecule has 2 heterocycles. The van der Waals surface area contributed by atoms with E-state index in [1.165, 1.54) is 0 Å². The molecule has 106 valence electrons. The first-order valence-corrected chi connectivity index (χ1v) is 7.78. The van der Waals surface area contributed by atoms with Crippen LogP contribution in [0.25, 0.3) is 0 Å². The topological polar surface area (TPSA) is 59.2 Å². The molecule has 1 aromatic rings. The Hall–Kier alpha value is -0.940. The fourth-order valence-corrected chi connectivity index (χ4v) is 3.69. The standard InChI is InChI=1S/C14H23N3OS/c1-9(2)6-12-16-10(3)13(19-12)14(18)17-5-4-11(7-15)8-17/h9,11H,4-8,15H2,1-3H3. The third kappa shape index (κ3) is 3.34. The Balaban J connectivity index is 2.09. The summed E-state index contributed by atoms with van der Waals surface area (Å²) in [6, 6.07) is 0. The number of aryl methyl sites for hydroxylation is 1. The summed E-state index contributed by atoms with van der Waals surface area (Å²) in [6.45, 7) is 8.58. The highest BCUT2D eigenvalue weighted by atomic mass is 32.1. The minimum absolute atomic E-state index is 0.140. The first kappa shape index (κ1) is 14.5. The van der Waals surface area contributed by atoms with Crippen molar-refractivity contribution in [3.05, 3.63) is 15.6 Å². The van der Waals surface area contributed by atoms with E-state index in [-0.39, 0.29) is 5.91 Å². The van der Waals surface area contributed by atoms with E-state index in [9.17, 15) is 4.79 Å². The van der Waals surface area contributed by atoms with E-state index in [0.29, 0.717) is 18.4 Å². The van der Waals surface area contributed by atoms with Gasteiger partial charge in [-0.25, -0.2) is 4.98 Å². The molecule has 1 aromatic heterocycles. The van der Waals surface area contributed by atoms with Crippen LogP contribution in [0.5, 0.6) is 0 Å². The van der Waals surface area contributed by atoms with Crippen LogP contribution in [0.2, 0.25) is 0 Å². The van der Waals surface area contributed by atoms with E-state index in [2.05, 4.69) is 18.8 Å². The Bertz CT molecular complexity index is 456. The van der Waals surface area contributed by atoms with Gasteiger partial charge in [0, 0.05) is 19.5 Å². The van der Waals surface area contributed by atoms with Crippen molar-refractivity contribution < 1.29 is 4.79 Å². The van der Waals surface area contributed by atoms with Crippen molar-refractivity contribution in [2.24, 2.45) is 17.6 Å². The molecule has 0 bridgehead atoms. The number of carbonyl (C=O) groups excluding carboxylic acids is 1. The highest BCUT2D eigenvalue weighted by molar-refractivity contribution is 7.13. The van der Waals surface area contributed by atoms with Crippen LogP contribution in [0.4, 0.5) is 0 Å².